The Kier molecular flexibility index (Phi) is 5.62. The van der Waals surface area contributed by atoms with Crippen molar-refractivity contribution < 1.29 is 21.9 Å². The van der Waals surface area contributed by atoms with Crippen molar-refractivity contribution in [1.29, 1.82) is 0 Å². The monoisotopic (exact) mass is 214 g/mol. The summed E-state index contributed by atoms with van der Waals surface area (Å²) in [5.41, 5.74) is 0. The van der Waals surface area contributed by atoms with Crippen LogP contribution in [0.25, 0.3) is 0 Å². The van der Waals surface area contributed by atoms with E-state index in [1.165, 1.54) is 12.8 Å². The molecule has 1 fully saturated rings. The number of nitrogens with two attached hydrogens (primary N) is 1. The van der Waals surface area contributed by atoms with Gasteiger partial charge in [0.15, 0.2) is 0 Å². The minimum absolute atomic E-state index is 0.793. The molecular formula is C4H12NO5SSi. The summed E-state index contributed by atoms with van der Waals surface area (Å²) < 4.78 is 36.7. The van der Waals surface area contributed by atoms with Gasteiger partial charge in [0.05, 0.1) is 0 Å². The smallest absolute Gasteiger partial charge is 0.394 e. The van der Waals surface area contributed by atoms with E-state index in [1.807, 2.05) is 0 Å². The van der Waals surface area contributed by atoms with Crippen molar-refractivity contribution in [3.8, 4) is 0 Å². The van der Waals surface area contributed by atoms with Gasteiger partial charge in [-0.1, -0.05) is 6.42 Å². The Bertz CT molecular complexity index is 191. The zero-order valence-corrected chi connectivity index (χ0v) is 8.25. The van der Waals surface area contributed by atoms with Gasteiger partial charge in [-0.15, -0.1) is 0 Å². The van der Waals surface area contributed by atoms with Gasteiger partial charge in [0.1, 0.15) is 0 Å². The van der Waals surface area contributed by atoms with Gasteiger partial charge < -0.3 is 9.83 Å². The van der Waals surface area contributed by atoms with Gasteiger partial charge in [-0.2, -0.15) is 8.42 Å². The van der Waals surface area contributed by atoms with Crippen LogP contribution in [-0.4, -0.2) is 33.3 Å². The van der Waals surface area contributed by atoms with E-state index in [1.54, 1.807) is 0 Å². The van der Waals surface area contributed by atoms with Crippen molar-refractivity contribution in [3.63, 3.8) is 0 Å². The predicted molar refractivity (Wildman–Crippen MR) is 44.1 cm³/mol. The normalized spacial score (nSPS) is 19.6. The summed E-state index contributed by atoms with van der Waals surface area (Å²) in [5, 5.41) is 5.51. The van der Waals surface area contributed by atoms with Crippen LogP contribution in [0.2, 0.25) is 6.04 Å². The molecule has 0 aromatic rings. The highest BCUT2D eigenvalue weighted by atomic mass is 32.3. The van der Waals surface area contributed by atoms with E-state index in [4.69, 9.17) is 27.3 Å². The van der Waals surface area contributed by atoms with E-state index in [9.17, 15) is 0 Å². The third kappa shape index (κ3) is 12.7. The fourth-order valence-electron chi connectivity index (χ4n) is 0.677. The van der Waals surface area contributed by atoms with Gasteiger partial charge in [0.25, 0.3) is 9.20 Å². The zero-order chi connectivity index (χ0) is 9.61. The molecule has 1 aliphatic rings. The van der Waals surface area contributed by atoms with Crippen LogP contribution in [0, 0.1) is 0 Å². The molecule has 1 saturated heterocycles. The van der Waals surface area contributed by atoms with Crippen LogP contribution in [0.15, 0.2) is 0 Å². The number of rotatable bonds is 0. The Morgan fingerprint density at radius 2 is 1.83 bits per heavy atom. The maximum atomic E-state index is 8.74. The first-order valence-electron chi connectivity index (χ1n) is 3.33. The first kappa shape index (κ1) is 12.0. The molecule has 6 nitrogen and oxygen atoms in total. The van der Waals surface area contributed by atoms with Crippen LogP contribution in [0.4, 0.5) is 0 Å². The molecule has 0 aliphatic carbocycles. The first-order chi connectivity index (χ1) is 5.39. The van der Waals surface area contributed by atoms with Crippen molar-refractivity contribution in [2.75, 3.05) is 6.61 Å². The van der Waals surface area contributed by atoms with Crippen LogP contribution in [0.3, 0.4) is 0 Å². The lowest BCUT2D eigenvalue weighted by Gasteiger charge is -2.14. The lowest BCUT2D eigenvalue weighted by atomic mass is 10.4. The van der Waals surface area contributed by atoms with Crippen LogP contribution in [0.5, 0.6) is 0 Å². The second kappa shape index (κ2) is 5.62. The number of hydrogen-bond donors (Lipinski definition) is 3. The Morgan fingerprint density at radius 3 is 2.00 bits per heavy atom. The molecule has 1 aliphatic heterocycles. The highest BCUT2D eigenvalue weighted by molar-refractivity contribution is 7.79. The minimum Gasteiger partial charge on any atom is -0.403 e. The molecule has 0 aromatic heterocycles. The molecule has 1 radical (unpaired) electrons. The summed E-state index contributed by atoms with van der Waals surface area (Å²) in [6.45, 7) is 0.908. The molecule has 0 atom stereocenters. The molecule has 0 unspecified atom stereocenters. The van der Waals surface area contributed by atoms with Crippen molar-refractivity contribution >= 4 is 19.6 Å². The van der Waals surface area contributed by atoms with E-state index in [2.05, 4.69) is 0 Å². The topological polar surface area (TPSA) is 110 Å². The van der Waals surface area contributed by atoms with Gasteiger partial charge in [-0.3, -0.25) is 9.11 Å². The van der Waals surface area contributed by atoms with Gasteiger partial charge >= 0.3 is 10.4 Å². The van der Waals surface area contributed by atoms with Crippen LogP contribution >= 0.6 is 0 Å². The first-order valence-corrected chi connectivity index (χ1v) is 6.42. The van der Waals surface area contributed by atoms with Crippen LogP contribution in [-0.2, 0) is 14.8 Å². The number of hydrogen-bond acceptors (Lipinski definition) is 4. The van der Waals surface area contributed by atoms with E-state index in [0.717, 1.165) is 12.7 Å². The molecule has 4 N–H and O–H groups in total. The summed E-state index contributed by atoms with van der Waals surface area (Å²) in [6, 6.07) is 1.14. The second-order valence-electron chi connectivity index (χ2n) is 2.22. The van der Waals surface area contributed by atoms with Gasteiger partial charge in [0.2, 0.25) is 0 Å². The lowest BCUT2D eigenvalue weighted by molar-refractivity contribution is 0.287. The molecule has 8 heteroatoms. The van der Waals surface area contributed by atoms with Crippen molar-refractivity contribution in [2.45, 2.75) is 18.9 Å². The van der Waals surface area contributed by atoms with Gasteiger partial charge in [-0.25, -0.2) is 0 Å². The highest BCUT2D eigenvalue weighted by Gasteiger charge is 2.10. The second-order valence-corrected chi connectivity index (χ2v) is 4.84. The summed E-state index contributed by atoms with van der Waals surface area (Å²) >= 11 is 0. The summed E-state index contributed by atoms with van der Waals surface area (Å²) in [5.74, 6) is 0. The lowest BCUT2D eigenvalue weighted by Crippen LogP contribution is -2.32. The summed E-state index contributed by atoms with van der Waals surface area (Å²) in [6.07, 6.45) is 2.50. The maximum Gasteiger partial charge on any atom is 0.394 e. The Hall–Kier alpha value is 0.00688. The Morgan fingerprint density at radius 1 is 1.33 bits per heavy atom. The molecule has 1 rings (SSSR count). The third-order valence-corrected chi connectivity index (χ3v) is 2.53. The molecule has 0 aromatic carbocycles. The SMILES string of the molecule is N[Si]1CCCCO1.O=S(=O)(O)O. The summed E-state index contributed by atoms with van der Waals surface area (Å²) in [4.78, 5) is 0. The standard InChI is InChI=1S/C4H10NOSi.H2O4S/c5-7-4-2-1-3-6-7;1-5(2,3)4/h1-5H2;(H2,1,2,3,4). The van der Waals surface area contributed by atoms with Crippen LogP contribution in [0.1, 0.15) is 12.8 Å². The van der Waals surface area contributed by atoms with E-state index >= 15 is 0 Å². The quantitative estimate of drug-likeness (QED) is 0.373. The Labute approximate surface area is 73.1 Å². The van der Waals surface area contributed by atoms with E-state index < -0.39 is 19.6 Å². The van der Waals surface area contributed by atoms with Gasteiger partial charge in [0, 0.05) is 6.61 Å². The molecule has 1 heterocycles. The van der Waals surface area contributed by atoms with Crippen molar-refractivity contribution in [2.24, 2.45) is 5.40 Å². The van der Waals surface area contributed by atoms with Crippen molar-refractivity contribution in [1.82, 2.24) is 0 Å². The van der Waals surface area contributed by atoms with E-state index in [0.29, 0.717) is 0 Å². The van der Waals surface area contributed by atoms with Crippen molar-refractivity contribution in [3.05, 3.63) is 0 Å². The fourth-order valence-corrected chi connectivity index (χ4v) is 1.83. The average molecular weight is 214 g/mol. The molecule has 12 heavy (non-hydrogen) atoms. The molecule has 0 saturated carbocycles. The molecular weight excluding hydrogens is 202 g/mol. The fraction of sp³-hybridized carbons (Fsp3) is 1.00. The largest absolute Gasteiger partial charge is 0.403 e. The molecule has 0 bridgehead atoms. The van der Waals surface area contributed by atoms with Crippen LogP contribution < -0.4 is 5.40 Å². The maximum absolute atomic E-state index is 8.74. The molecule has 0 spiro atoms. The van der Waals surface area contributed by atoms with E-state index in [-0.39, 0.29) is 0 Å². The zero-order valence-electron chi connectivity index (χ0n) is 6.43. The van der Waals surface area contributed by atoms with Gasteiger partial charge in [-0.05, 0) is 12.5 Å². The Balaban J connectivity index is 0.000000217. The third-order valence-electron chi connectivity index (χ3n) is 1.10. The highest BCUT2D eigenvalue weighted by Crippen LogP contribution is 2.05. The summed E-state index contributed by atoms with van der Waals surface area (Å²) in [7, 11) is -5.46. The molecule has 0 amide bonds. The molecule has 73 valence electrons. The minimum atomic E-state index is -4.67. The average Bonchev–Trinajstić information content (AvgIpc) is 1.85. The predicted octanol–water partition coefficient (Wildman–Crippen LogP) is -0.409.